The Morgan fingerprint density at radius 3 is 1.33 bits per heavy atom. The van der Waals surface area contributed by atoms with Gasteiger partial charge in [0.25, 0.3) is 0 Å². The minimum Gasteiger partial charge on any atom is -0.396 e. The van der Waals surface area contributed by atoms with Crippen LogP contribution in [0, 0.1) is 5.41 Å². The van der Waals surface area contributed by atoms with Gasteiger partial charge in [0.15, 0.2) is 0 Å². The van der Waals surface area contributed by atoms with Crippen LogP contribution >= 0.6 is 0 Å². The molecule has 0 saturated carbocycles. The van der Waals surface area contributed by atoms with E-state index < -0.39 is 29.1 Å². The Balaban J connectivity index is 2.34. The molecule has 30 heavy (non-hydrogen) atoms. The van der Waals surface area contributed by atoms with Crippen molar-refractivity contribution in [1.29, 1.82) is 0 Å². The van der Waals surface area contributed by atoms with Crippen LogP contribution in [0.5, 0.6) is 0 Å². The maximum absolute atomic E-state index is 12.1. The van der Waals surface area contributed by atoms with Gasteiger partial charge in [-0.1, -0.05) is 105 Å². The predicted octanol–water partition coefficient (Wildman–Crippen LogP) is 3.23. The second-order valence-electron chi connectivity index (χ2n) is 8.44. The zero-order valence-corrected chi connectivity index (χ0v) is 17.4. The number of aliphatic hydroxyl groups excluding tert-OH is 3. The molecule has 0 aliphatic heterocycles. The van der Waals surface area contributed by atoms with Gasteiger partial charge in [0, 0.05) is 5.41 Å². The monoisotopic (exact) mass is 406 g/mol. The third-order valence-electron chi connectivity index (χ3n) is 6.33. The highest BCUT2D eigenvalue weighted by molar-refractivity contribution is 5.44. The van der Waals surface area contributed by atoms with Crippen molar-refractivity contribution in [2.24, 2.45) is 5.41 Å². The van der Waals surface area contributed by atoms with Crippen LogP contribution in [-0.2, 0) is 11.0 Å². The number of benzene rings is 3. The van der Waals surface area contributed by atoms with Crippen LogP contribution in [0.15, 0.2) is 91.0 Å². The van der Waals surface area contributed by atoms with Gasteiger partial charge in [-0.2, -0.15) is 0 Å². The van der Waals surface area contributed by atoms with Gasteiger partial charge in [0.05, 0.1) is 18.6 Å². The van der Waals surface area contributed by atoms with Crippen molar-refractivity contribution in [3.8, 4) is 0 Å². The van der Waals surface area contributed by atoms with Crippen molar-refractivity contribution in [3.63, 3.8) is 0 Å². The van der Waals surface area contributed by atoms with E-state index in [9.17, 15) is 20.4 Å². The highest BCUT2D eigenvalue weighted by Crippen LogP contribution is 2.50. The fraction of sp³-hybridized carbons (Fsp3) is 0.308. The molecule has 158 valence electrons. The Morgan fingerprint density at radius 1 is 0.633 bits per heavy atom. The maximum atomic E-state index is 12.1. The second kappa shape index (κ2) is 8.70. The number of hydrogen-bond acceptors (Lipinski definition) is 4. The largest absolute Gasteiger partial charge is 0.396 e. The van der Waals surface area contributed by atoms with Crippen LogP contribution in [-0.4, -0.2) is 39.7 Å². The first kappa shape index (κ1) is 22.2. The van der Waals surface area contributed by atoms with Crippen LogP contribution in [0.4, 0.5) is 0 Å². The molecular formula is C26H30O4. The summed E-state index contributed by atoms with van der Waals surface area (Å²) in [7, 11) is 0. The lowest BCUT2D eigenvalue weighted by Gasteiger charge is -2.52. The predicted molar refractivity (Wildman–Crippen MR) is 118 cm³/mol. The first-order valence-corrected chi connectivity index (χ1v) is 10.1. The molecule has 2 atom stereocenters. The second-order valence-corrected chi connectivity index (χ2v) is 8.44. The van der Waals surface area contributed by atoms with E-state index in [1.165, 1.54) is 0 Å². The third-order valence-corrected chi connectivity index (χ3v) is 6.33. The molecule has 3 rings (SSSR count). The van der Waals surface area contributed by atoms with Crippen molar-refractivity contribution in [2.75, 3.05) is 13.2 Å². The Morgan fingerprint density at radius 2 is 1.00 bits per heavy atom. The van der Waals surface area contributed by atoms with Gasteiger partial charge in [0.2, 0.25) is 0 Å². The molecule has 0 amide bonds. The van der Waals surface area contributed by atoms with Crippen molar-refractivity contribution in [1.82, 2.24) is 0 Å². The fourth-order valence-corrected chi connectivity index (χ4v) is 4.31. The van der Waals surface area contributed by atoms with Gasteiger partial charge >= 0.3 is 0 Å². The summed E-state index contributed by atoms with van der Waals surface area (Å²) in [6, 6.07) is 27.3. The standard InChI is InChI=1S/C26H30O4/c1-24(2,18-27)26(30,22-16-10-5-11-17-22)23(29)25(19-28,20-12-6-3-7-13-20)21-14-8-4-9-15-21/h3-17,23,27-30H,18-19H2,1-2H3. The Hall–Kier alpha value is -2.50. The molecule has 0 radical (unpaired) electrons. The van der Waals surface area contributed by atoms with E-state index in [2.05, 4.69) is 0 Å². The highest BCUT2D eigenvalue weighted by atomic mass is 16.3. The summed E-state index contributed by atoms with van der Waals surface area (Å²) < 4.78 is 0. The van der Waals surface area contributed by atoms with Crippen LogP contribution in [0.1, 0.15) is 30.5 Å². The third kappa shape index (κ3) is 3.46. The number of rotatable bonds is 8. The van der Waals surface area contributed by atoms with E-state index in [0.29, 0.717) is 16.7 Å². The summed E-state index contributed by atoms with van der Waals surface area (Å²) >= 11 is 0. The van der Waals surface area contributed by atoms with Crippen molar-refractivity contribution < 1.29 is 20.4 Å². The van der Waals surface area contributed by atoms with Crippen LogP contribution in [0.3, 0.4) is 0 Å². The van der Waals surface area contributed by atoms with Crippen molar-refractivity contribution in [2.45, 2.75) is 31.0 Å². The zero-order valence-electron chi connectivity index (χ0n) is 17.4. The fourth-order valence-electron chi connectivity index (χ4n) is 4.31. The molecule has 3 aromatic carbocycles. The molecule has 0 aliphatic carbocycles. The smallest absolute Gasteiger partial charge is 0.124 e. The van der Waals surface area contributed by atoms with Crippen molar-refractivity contribution >= 4 is 0 Å². The van der Waals surface area contributed by atoms with Gasteiger partial charge in [-0.25, -0.2) is 0 Å². The van der Waals surface area contributed by atoms with Gasteiger partial charge in [-0.3, -0.25) is 0 Å². The average molecular weight is 407 g/mol. The zero-order chi connectivity index (χ0) is 21.8. The Bertz CT molecular complexity index is 886. The summed E-state index contributed by atoms with van der Waals surface area (Å²) in [5, 5.41) is 45.1. The molecule has 0 bridgehead atoms. The molecule has 0 saturated heterocycles. The molecule has 3 aromatic rings. The minimum absolute atomic E-state index is 0.361. The lowest BCUT2D eigenvalue weighted by Crippen LogP contribution is -2.62. The van der Waals surface area contributed by atoms with E-state index in [4.69, 9.17) is 0 Å². The lowest BCUT2D eigenvalue weighted by atomic mass is 9.58. The summed E-state index contributed by atoms with van der Waals surface area (Å²) in [6.45, 7) is 2.63. The molecule has 4 nitrogen and oxygen atoms in total. The van der Waals surface area contributed by atoms with E-state index in [1.54, 1.807) is 38.1 Å². The summed E-state index contributed by atoms with van der Waals surface area (Å²) in [4.78, 5) is 0. The van der Waals surface area contributed by atoms with Crippen LogP contribution in [0.25, 0.3) is 0 Å². The minimum atomic E-state index is -1.86. The highest BCUT2D eigenvalue weighted by Gasteiger charge is 2.58. The van der Waals surface area contributed by atoms with E-state index in [-0.39, 0.29) is 6.61 Å². The molecule has 4 heteroatoms. The van der Waals surface area contributed by atoms with Gasteiger partial charge in [0.1, 0.15) is 11.7 Å². The van der Waals surface area contributed by atoms with Crippen LogP contribution in [0.2, 0.25) is 0 Å². The molecule has 0 aliphatic rings. The van der Waals surface area contributed by atoms with E-state index >= 15 is 0 Å². The summed E-state index contributed by atoms with van der Waals surface area (Å²) in [5.41, 5.74) is -2.47. The van der Waals surface area contributed by atoms with E-state index in [0.717, 1.165) is 0 Å². The van der Waals surface area contributed by atoms with Crippen LogP contribution < -0.4 is 0 Å². The molecule has 4 N–H and O–H groups in total. The number of hydrogen-bond donors (Lipinski definition) is 4. The summed E-state index contributed by atoms with van der Waals surface area (Å²) in [6.07, 6.45) is -1.47. The van der Waals surface area contributed by atoms with Crippen molar-refractivity contribution in [3.05, 3.63) is 108 Å². The van der Waals surface area contributed by atoms with E-state index in [1.807, 2.05) is 66.7 Å². The molecule has 0 heterocycles. The average Bonchev–Trinajstić information content (AvgIpc) is 2.81. The number of aliphatic hydroxyl groups is 4. The van der Waals surface area contributed by atoms with Gasteiger partial charge < -0.3 is 20.4 Å². The Kier molecular flexibility index (Phi) is 6.44. The first-order chi connectivity index (χ1) is 14.3. The SMILES string of the molecule is CC(C)(CO)C(O)(c1ccccc1)C(O)C(CO)(c1ccccc1)c1ccccc1. The quantitative estimate of drug-likeness (QED) is 0.463. The molecular weight excluding hydrogens is 376 g/mol. The lowest BCUT2D eigenvalue weighted by molar-refractivity contribution is -0.190. The maximum Gasteiger partial charge on any atom is 0.124 e. The van der Waals surface area contributed by atoms with Gasteiger partial charge in [-0.15, -0.1) is 0 Å². The first-order valence-electron chi connectivity index (χ1n) is 10.1. The summed E-state index contributed by atoms with van der Waals surface area (Å²) in [5.74, 6) is 0. The molecule has 0 spiro atoms. The molecule has 2 unspecified atom stereocenters. The molecule has 0 aromatic heterocycles. The molecule has 0 fully saturated rings. The van der Waals surface area contributed by atoms with Gasteiger partial charge in [-0.05, 0) is 16.7 Å². The Labute approximate surface area is 178 Å². The normalized spacial score (nSPS) is 15.4. The topological polar surface area (TPSA) is 80.9 Å².